The second kappa shape index (κ2) is 8.83. The second-order valence-corrected chi connectivity index (χ2v) is 13.2. The van der Waals surface area contributed by atoms with Gasteiger partial charge >= 0.3 is 5.97 Å². The van der Waals surface area contributed by atoms with Gasteiger partial charge < -0.3 is 9.64 Å². The van der Waals surface area contributed by atoms with Gasteiger partial charge in [0, 0.05) is 50.8 Å². The number of hydrogen-bond acceptors (Lipinski definition) is 6. The van der Waals surface area contributed by atoms with Gasteiger partial charge in [0.05, 0.1) is 12.2 Å². The maximum atomic E-state index is 12.2. The molecule has 4 unspecified atom stereocenters. The van der Waals surface area contributed by atoms with Crippen LogP contribution in [0.5, 0.6) is 0 Å². The number of ether oxygens (including phenoxy) is 1. The molecule has 194 valence electrons. The minimum atomic E-state index is -0.165. The molecule has 5 fully saturated rings. The van der Waals surface area contributed by atoms with Gasteiger partial charge in [-0.15, -0.1) is 5.10 Å². The molecule has 0 aromatic carbocycles. The van der Waals surface area contributed by atoms with Crippen LogP contribution >= 0.6 is 0 Å². The summed E-state index contributed by atoms with van der Waals surface area (Å²) in [6, 6.07) is 0.900. The Labute approximate surface area is 210 Å². The highest BCUT2D eigenvalue weighted by Crippen LogP contribution is 2.68. The molecule has 1 aromatic rings. The molecule has 4 aliphatic carbocycles. The molecule has 9 atom stereocenters. The van der Waals surface area contributed by atoms with Crippen LogP contribution in [0.2, 0.25) is 0 Å². The van der Waals surface area contributed by atoms with E-state index in [4.69, 9.17) is 4.74 Å². The molecule has 0 spiro atoms. The lowest BCUT2D eigenvalue weighted by Crippen LogP contribution is -2.57. The average molecular weight is 484 g/mol. The molecule has 0 N–H and O–H groups in total. The SMILES string of the molecule is CC(=O)O[C@H]1[C@@H](n2ccnn2)CC2C3CCC4C[C@@H](N5CCN(C)CC5)CC[C@]4(C)C3CC[C@@]21C. The van der Waals surface area contributed by atoms with Gasteiger partial charge in [-0.3, -0.25) is 9.69 Å². The summed E-state index contributed by atoms with van der Waals surface area (Å²) in [7, 11) is 2.26. The fraction of sp³-hybridized carbons (Fsp3) is 0.893. The molecule has 0 radical (unpaired) electrons. The first kappa shape index (κ1) is 23.9. The zero-order valence-corrected chi connectivity index (χ0v) is 22.2. The highest BCUT2D eigenvalue weighted by Gasteiger charge is 2.64. The number of aromatic nitrogens is 3. The van der Waals surface area contributed by atoms with Crippen molar-refractivity contribution in [3.05, 3.63) is 12.4 Å². The minimum absolute atomic E-state index is 0.0314. The Morgan fingerprint density at radius 3 is 2.46 bits per heavy atom. The number of fused-ring (bicyclic) bond motifs is 5. The predicted molar refractivity (Wildman–Crippen MR) is 135 cm³/mol. The zero-order chi connectivity index (χ0) is 24.4. The monoisotopic (exact) mass is 483 g/mol. The molecule has 4 saturated carbocycles. The number of rotatable bonds is 3. The quantitative estimate of drug-likeness (QED) is 0.605. The van der Waals surface area contributed by atoms with Crippen LogP contribution in [0.1, 0.15) is 78.2 Å². The van der Waals surface area contributed by atoms with Crippen LogP contribution in [0, 0.1) is 34.5 Å². The van der Waals surface area contributed by atoms with Crippen molar-refractivity contribution in [2.45, 2.75) is 90.3 Å². The molecule has 35 heavy (non-hydrogen) atoms. The number of carbonyl (C=O) groups excluding carboxylic acids is 1. The summed E-state index contributed by atoms with van der Waals surface area (Å²) in [5.41, 5.74) is 0.499. The van der Waals surface area contributed by atoms with Gasteiger partial charge in [-0.25, -0.2) is 4.68 Å². The summed E-state index contributed by atoms with van der Waals surface area (Å²) in [5, 5.41) is 8.44. The van der Waals surface area contributed by atoms with Gasteiger partial charge in [0.2, 0.25) is 0 Å². The maximum absolute atomic E-state index is 12.2. The Morgan fingerprint density at radius 1 is 0.971 bits per heavy atom. The molecule has 1 saturated heterocycles. The molecule has 0 bridgehead atoms. The first-order chi connectivity index (χ1) is 16.8. The van der Waals surface area contributed by atoms with E-state index < -0.39 is 0 Å². The van der Waals surface area contributed by atoms with E-state index in [9.17, 15) is 4.79 Å². The summed E-state index contributed by atoms with van der Waals surface area (Å²) in [4.78, 5) is 17.4. The topological polar surface area (TPSA) is 63.5 Å². The van der Waals surface area contributed by atoms with Crippen LogP contribution in [0.4, 0.5) is 0 Å². The Kier molecular flexibility index (Phi) is 6.03. The van der Waals surface area contributed by atoms with E-state index in [0.717, 1.165) is 36.6 Å². The predicted octanol–water partition coefficient (Wildman–Crippen LogP) is 4.02. The van der Waals surface area contributed by atoms with Crippen LogP contribution in [0.3, 0.4) is 0 Å². The standard InChI is InChI=1S/C28H45N5O2/c1-19(34)35-26-25(33-12-11-29-30-33)18-24-22-6-5-20-17-21(32-15-13-31(4)14-16-32)7-9-27(20,2)23(22)8-10-28(24,26)3/h11-12,20-26H,5-10,13-18H2,1-4H3/t20?,21-,22?,23?,24?,25-,26-,27-,28-/m0/s1. The Morgan fingerprint density at radius 2 is 1.74 bits per heavy atom. The summed E-state index contributed by atoms with van der Waals surface area (Å²) in [6.45, 7) is 11.6. The van der Waals surface area contributed by atoms with Crippen LogP contribution in [-0.2, 0) is 9.53 Å². The summed E-state index contributed by atoms with van der Waals surface area (Å²) < 4.78 is 8.06. The van der Waals surface area contributed by atoms with Crippen LogP contribution < -0.4 is 0 Å². The summed E-state index contributed by atoms with van der Waals surface area (Å²) >= 11 is 0. The van der Waals surface area contributed by atoms with Crippen molar-refractivity contribution in [3.8, 4) is 0 Å². The average Bonchev–Trinajstić information content (AvgIpc) is 3.46. The lowest BCUT2D eigenvalue weighted by atomic mass is 9.45. The normalized spacial score (nSPS) is 46.5. The van der Waals surface area contributed by atoms with E-state index in [1.54, 1.807) is 13.1 Å². The Hall–Kier alpha value is -1.47. The third-order valence-electron chi connectivity index (χ3n) is 11.7. The molecule has 2 heterocycles. The van der Waals surface area contributed by atoms with Crippen molar-refractivity contribution in [1.29, 1.82) is 0 Å². The maximum Gasteiger partial charge on any atom is 0.302 e. The summed E-state index contributed by atoms with van der Waals surface area (Å²) in [6.07, 6.45) is 14.0. The lowest BCUT2D eigenvalue weighted by Gasteiger charge is -2.61. The Bertz CT molecular complexity index is 914. The molecule has 5 aliphatic rings. The van der Waals surface area contributed by atoms with Crippen molar-refractivity contribution < 1.29 is 9.53 Å². The second-order valence-electron chi connectivity index (χ2n) is 13.2. The van der Waals surface area contributed by atoms with Crippen LogP contribution in [0.15, 0.2) is 12.4 Å². The van der Waals surface area contributed by atoms with Crippen molar-refractivity contribution in [3.63, 3.8) is 0 Å². The van der Waals surface area contributed by atoms with E-state index in [1.807, 2.05) is 10.9 Å². The molecule has 1 aliphatic heterocycles. The van der Waals surface area contributed by atoms with Gasteiger partial charge in [0.15, 0.2) is 0 Å². The third kappa shape index (κ3) is 3.87. The number of likely N-dealkylation sites (N-methyl/N-ethyl adjacent to an activating group) is 1. The zero-order valence-electron chi connectivity index (χ0n) is 22.2. The number of piperazine rings is 1. The van der Waals surface area contributed by atoms with Gasteiger partial charge in [-0.1, -0.05) is 19.1 Å². The first-order valence-corrected chi connectivity index (χ1v) is 14.2. The van der Waals surface area contributed by atoms with Crippen molar-refractivity contribution in [2.75, 3.05) is 33.2 Å². The van der Waals surface area contributed by atoms with Crippen molar-refractivity contribution >= 4 is 5.97 Å². The largest absolute Gasteiger partial charge is 0.460 e. The van der Waals surface area contributed by atoms with E-state index in [-0.39, 0.29) is 23.5 Å². The number of carbonyl (C=O) groups is 1. The number of nitrogens with zero attached hydrogens (tertiary/aromatic N) is 5. The van der Waals surface area contributed by atoms with Crippen LogP contribution in [-0.4, -0.2) is 76.1 Å². The number of hydrogen-bond donors (Lipinski definition) is 0. The van der Waals surface area contributed by atoms with Crippen molar-refractivity contribution in [1.82, 2.24) is 24.8 Å². The third-order valence-corrected chi connectivity index (χ3v) is 11.7. The van der Waals surface area contributed by atoms with E-state index in [2.05, 4.69) is 41.0 Å². The molecule has 7 heteroatoms. The molecule has 0 amide bonds. The van der Waals surface area contributed by atoms with E-state index in [1.165, 1.54) is 64.7 Å². The van der Waals surface area contributed by atoms with Gasteiger partial charge in [0.25, 0.3) is 0 Å². The summed E-state index contributed by atoms with van der Waals surface area (Å²) in [5.74, 6) is 2.83. The molecule has 6 rings (SSSR count). The minimum Gasteiger partial charge on any atom is -0.460 e. The van der Waals surface area contributed by atoms with Gasteiger partial charge in [0.1, 0.15) is 6.10 Å². The fourth-order valence-corrected chi connectivity index (χ4v) is 9.76. The van der Waals surface area contributed by atoms with E-state index >= 15 is 0 Å². The lowest BCUT2D eigenvalue weighted by molar-refractivity contribution is -0.164. The van der Waals surface area contributed by atoms with Crippen molar-refractivity contribution in [2.24, 2.45) is 34.5 Å². The first-order valence-electron chi connectivity index (χ1n) is 14.2. The fourth-order valence-electron chi connectivity index (χ4n) is 9.76. The number of esters is 1. The van der Waals surface area contributed by atoms with Crippen LogP contribution in [0.25, 0.3) is 0 Å². The smallest absolute Gasteiger partial charge is 0.302 e. The highest BCUT2D eigenvalue weighted by atomic mass is 16.5. The van der Waals surface area contributed by atoms with Gasteiger partial charge in [-0.05, 0) is 87.5 Å². The van der Waals surface area contributed by atoms with Gasteiger partial charge in [-0.2, -0.15) is 0 Å². The molecular formula is C28H45N5O2. The van der Waals surface area contributed by atoms with E-state index in [0.29, 0.717) is 11.3 Å². The molecular weight excluding hydrogens is 438 g/mol. The molecule has 1 aromatic heterocycles. The Balaban J connectivity index is 1.22. The molecule has 7 nitrogen and oxygen atoms in total. The highest BCUT2D eigenvalue weighted by molar-refractivity contribution is 5.66.